The molecule has 0 saturated carbocycles. The fraction of sp³-hybridized carbons (Fsp3) is 0.731. The molecule has 1 aromatic rings. The number of alkyl carbamates (subject to hydrolysis) is 1. The first-order valence-electron chi connectivity index (χ1n) is 12.4. The molecule has 1 heterocycles. The maximum atomic E-state index is 11.8. The van der Waals surface area contributed by atoms with Crippen LogP contribution in [0.15, 0.2) is 24.3 Å². The number of nitrogens with zero attached hydrogens (tertiary/aromatic N) is 1. The van der Waals surface area contributed by atoms with Gasteiger partial charge in [-0.25, -0.2) is 4.79 Å². The second kappa shape index (κ2) is 11.1. The standard InChI is InChI=1S/C26H47N3O3Si/c1-20(14-17-27-24(30)31-25(2,3)4)29-18-15-22(16-19-29)28-21-10-12-23(13-11-21)32-33(8,9)26(5,6)7/h10-13,20,22,28H,14-19H2,1-9H3,(H,27,30). The summed E-state index contributed by atoms with van der Waals surface area (Å²) >= 11 is 0. The lowest BCUT2D eigenvalue weighted by molar-refractivity contribution is 0.0521. The number of carbonyl (C=O) groups is 1. The number of amides is 1. The highest BCUT2D eigenvalue weighted by molar-refractivity contribution is 6.74. The van der Waals surface area contributed by atoms with Crippen molar-refractivity contribution in [1.82, 2.24) is 10.2 Å². The van der Waals surface area contributed by atoms with Gasteiger partial charge in [-0.05, 0) is 89.4 Å². The van der Waals surface area contributed by atoms with Crippen molar-refractivity contribution in [3.63, 3.8) is 0 Å². The number of piperidine rings is 1. The molecule has 1 unspecified atom stereocenters. The Labute approximate surface area is 202 Å². The summed E-state index contributed by atoms with van der Waals surface area (Å²) in [7, 11) is -1.81. The van der Waals surface area contributed by atoms with Gasteiger partial charge in [0.05, 0.1) is 0 Å². The molecule has 7 heteroatoms. The summed E-state index contributed by atoms with van der Waals surface area (Å²) < 4.78 is 11.7. The summed E-state index contributed by atoms with van der Waals surface area (Å²) in [4.78, 5) is 14.3. The highest BCUT2D eigenvalue weighted by Gasteiger charge is 2.38. The fourth-order valence-electron chi connectivity index (χ4n) is 3.67. The van der Waals surface area contributed by atoms with Gasteiger partial charge in [0.1, 0.15) is 11.4 Å². The smallest absolute Gasteiger partial charge is 0.407 e. The van der Waals surface area contributed by atoms with E-state index in [0.717, 1.165) is 43.8 Å². The maximum absolute atomic E-state index is 11.8. The fourth-order valence-corrected chi connectivity index (χ4v) is 4.70. The predicted molar refractivity (Wildman–Crippen MR) is 141 cm³/mol. The van der Waals surface area contributed by atoms with Crippen LogP contribution in [0.3, 0.4) is 0 Å². The molecule has 33 heavy (non-hydrogen) atoms. The maximum Gasteiger partial charge on any atom is 0.407 e. The van der Waals surface area contributed by atoms with Crippen LogP contribution in [0.2, 0.25) is 18.1 Å². The van der Waals surface area contributed by atoms with Gasteiger partial charge in [0, 0.05) is 37.4 Å². The number of rotatable bonds is 8. The van der Waals surface area contributed by atoms with Crippen LogP contribution >= 0.6 is 0 Å². The number of nitrogens with one attached hydrogen (secondary N) is 2. The number of likely N-dealkylation sites (tertiary alicyclic amines) is 1. The third kappa shape index (κ3) is 9.20. The Hall–Kier alpha value is -1.73. The molecule has 1 aliphatic rings. The van der Waals surface area contributed by atoms with E-state index < -0.39 is 13.9 Å². The molecule has 0 aromatic heterocycles. The number of anilines is 1. The van der Waals surface area contributed by atoms with E-state index in [1.54, 1.807) is 0 Å². The van der Waals surface area contributed by atoms with Gasteiger partial charge >= 0.3 is 6.09 Å². The molecule has 0 aliphatic carbocycles. The third-order valence-corrected chi connectivity index (χ3v) is 11.1. The van der Waals surface area contributed by atoms with Crippen molar-refractivity contribution in [2.75, 3.05) is 25.0 Å². The predicted octanol–water partition coefficient (Wildman–Crippen LogP) is 6.25. The zero-order valence-corrected chi connectivity index (χ0v) is 23.4. The molecule has 6 nitrogen and oxygen atoms in total. The minimum atomic E-state index is -1.81. The Morgan fingerprint density at radius 2 is 1.67 bits per heavy atom. The molecule has 2 rings (SSSR count). The molecule has 1 fully saturated rings. The number of carbonyl (C=O) groups excluding carboxylic acids is 1. The number of hydrogen-bond acceptors (Lipinski definition) is 5. The monoisotopic (exact) mass is 477 g/mol. The Balaban J connectivity index is 1.73. The summed E-state index contributed by atoms with van der Waals surface area (Å²) in [5.74, 6) is 0.968. The average Bonchev–Trinajstić information content (AvgIpc) is 2.67. The normalized spacial score (nSPS) is 17.4. The van der Waals surface area contributed by atoms with E-state index in [1.165, 1.54) is 0 Å². The largest absolute Gasteiger partial charge is 0.544 e. The summed E-state index contributed by atoms with van der Waals surface area (Å²) in [6.07, 6.45) is 2.82. The summed E-state index contributed by atoms with van der Waals surface area (Å²) in [5.41, 5.74) is 0.702. The number of hydrogen-bond donors (Lipinski definition) is 2. The van der Waals surface area contributed by atoms with Crippen molar-refractivity contribution in [2.24, 2.45) is 0 Å². The Morgan fingerprint density at radius 3 is 2.18 bits per heavy atom. The minimum Gasteiger partial charge on any atom is -0.544 e. The molecule has 1 saturated heterocycles. The lowest BCUT2D eigenvalue weighted by Gasteiger charge is -2.37. The van der Waals surface area contributed by atoms with E-state index in [1.807, 2.05) is 20.8 Å². The zero-order chi connectivity index (χ0) is 24.9. The van der Waals surface area contributed by atoms with Crippen molar-refractivity contribution in [3.8, 4) is 5.75 Å². The first kappa shape index (κ1) is 27.5. The van der Waals surface area contributed by atoms with Gasteiger partial charge in [0.15, 0.2) is 0 Å². The first-order chi connectivity index (χ1) is 15.2. The first-order valence-corrected chi connectivity index (χ1v) is 15.3. The molecule has 1 aliphatic heterocycles. The van der Waals surface area contributed by atoms with Crippen LogP contribution in [-0.4, -0.2) is 56.6 Å². The summed E-state index contributed by atoms with van der Waals surface area (Å²) in [5, 5.41) is 6.76. The molecule has 188 valence electrons. The van der Waals surface area contributed by atoms with Gasteiger partial charge in [-0.1, -0.05) is 20.8 Å². The Kier molecular flexibility index (Phi) is 9.28. The SMILES string of the molecule is CC(CCNC(=O)OC(C)(C)C)N1CCC(Nc2ccc(O[Si](C)(C)C(C)(C)C)cc2)CC1. The van der Waals surface area contributed by atoms with Gasteiger partial charge in [0.25, 0.3) is 0 Å². The van der Waals surface area contributed by atoms with Crippen LogP contribution in [0, 0.1) is 0 Å². The lowest BCUT2D eigenvalue weighted by atomic mass is 10.0. The highest BCUT2D eigenvalue weighted by Crippen LogP contribution is 2.37. The van der Waals surface area contributed by atoms with Gasteiger partial charge in [-0.3, -0.25) is 0 Å². The number of benzene rings is 1. The Bertz CT molecular complexity index is 746. The average molecular weight is 478 g/mol. The second-order valence-electron chi connectivity index (χ2n) is 11.9. The van der Waals surface area contributed by atoms with Gasteiger partial charge in [0.2, 0.25) is 8.32 Å². The van der Waals surface area contributed by atoms with Crippen LogP contribution < -0.4 is 15.1 Å². The molecule has 2 N–H and O–H groups in total. The van der Waals surface area contributed by atoms with E-state index in [0.29, 0.717) is 18.6 Å². The van der Waals surface area contributed by atoms with Gasteiger partial charge < -0.3 is 24.7 Å². The van der Waals surface area contributed by atoms with Crippen molar-refractivity contribution in [3.05, 3.63) is 24.3 Å². The molecule has 1 atom stereocenters. The van der Waals surface area contributed by atoms with E-state index in [2.05, 4.69) is 80.6 Å². The Morgan fingerprint density at radius 1 is 1.09 bits per heavy atom. The molecule has 1 amide bonds. The topological polar surface area (TPSA) is 62.8 Å². The quantitative estimate of drug-likeness (QED) is 0.433. The van der Waals surface area contributed by atoms with Crippen molar-refractivity contribution < 1.29 is 14.0 Å². The van der Waals surface area contributed by atoms with Crippen LogP contribution in [-0.2, 0) is 4.74 Å². The number of ether oxygens (including phenoxy) is 1. The van der Waals surface area contributed by atoms with Gasteiger partial charge in [-0.2, -0.15) is 0 Å². The second-order valence-corrected chi connectivity index (χ2v) is 16.6. The van der Waals surface area contributed by atoms with E-state index in [9.17, 15) is 4.79 Å². The highest BCUT2D eigenvalue weighted by atomic mass is 28.4. The van der Waals surface area contributed by atoms with Crippen LogP contribution in [0.25, 0.3) is 0 Å². The summed E-state index contributed by atoms with van der Waals surface area (Å²) in [6, 6.07) is 9.39. The van der Waals surface area contributed by atoms with Crippen LogP contribution in [0.1, 0.15) is 67.7 Å². The molecular formula is C26H47N3O3Si. The van der Waals surface area contributed by atoms with E-state index in [4.69, 9.17) is 9.16 Å². The molecular weight excluding hydrogens is 430 g/mol. The van der Waals surface area contributed by atoms with E-state index >= 15 is 0 Å². The molecule has 1 aromatic carbocycles. The minimum absolute atomic E-state index is 0.195. The van der Waals surface area contributed by atoms with Crippen LogP contribution in [0.5, 0.6) is 5.75 Å². The van der Waals surface area contributed by atoms with Crippen molar-refractivity contribution in [1.29, 1.82) is 0 Å². The molecule has 0 radical (unpaired) electrons. The van der Waals surface area contributed by atoms with Gasteiger partial charge in [-0.15, -0.1) is 0 Å². The molecule has 0 spiro atoms. The van der Waals surface area contributed by atoms with Crippen molar-refractivity contribution >= 4 is 20.1 Å². The van der Waals surface area contributed by atoms with E-state index in [-0.39, 0.29) is 11.1 Å². The zero-order valence-electron chi connectivity index (χ0n) is 22.4. The third-order valence-electron chi connectivity index (χ3n) is 6.79. The summed E-state index contributed by atoms with van der Waals surface area (Å²) in [6.45, 7) is 22.0. The lowest BCUT2D eigenvalue weighted by Crippen LogP contribution is -2.44. The van der Waals surface area contributed by atoms with Crippen molar-refractivity contribution in [2.45, 2.75) is 104 Å². The molecule has 0 bridgehead atoms. The van der Waals surface area contributed by atoms with Crippen LogP contribution in [0.4, 0.5) is 10.5 Å².